The van der Waals surface area contributed by atoms with E-state index in [9.17, 15) is 4.79 Å². The lowest BCUT2D eigenvalue weighted by Crippen LogP contribution is -2.54. The number of hydrogen-bond acceptors (Lipinski definition) is 4. The third-order valence-electron chi connectivity index (χ3n) is 5.34. The van der Waals surface area contributed by atoms with Gasteiger partial charge in [0.15, 0.2) is 0 Å². The minimum atomic E-state index is -0.130. The van der Waals surface area contributed by atoms with Gasteiger partial charge in [-0.15, -0.1) is 0 Å². The van der Waals surface area contributed by atoms with E-state index in [4.69, 9.17) is 4.74 Å². The molecule has 1 fully saturated rings. The molecule has 1 amide bonds. The first kappa shape index (κ1) is 19.2. The highest BCUT2D eigenvalue weighted by Gasteiger charge is 2.26. The standard InChI is InChI=1S/C22H29N3O2/c1-17(19-7-5-4-6-8-19)23-22(26)18(2)24-13-15-25(16-14-24)20-9-11-21(27-3)12-10-20/h4-12,17-18H,13-16H2,1-3H3,(H,23,26)/t17-,18-/m1/s1. The highest BCUT2D eigenvalue weighted by atomic mass is 16.5. The van der Waals surface area contributed by atoms with E-state index < -0.39 is 0 Å². The second kappa shape index (κ2) is 8.91. The van der Waals surface area contributed by atoms with Gasteiger partial charge in [-0.05, 0) is 43.7 Å². The lowest BCUT2D eigenvalue weighted by atomic mass is 10.1. The molecule has 1 N–H and O–H groups in total. The van der Waals surface area contributed by atoms with Crippen LogP contribution in [0.3, 0.4) is 0 Å². The van der Waals surface area contributed by atoms with Crippen molar-refractivity contribution in [3.8, 4) is 5.75 Å². The number of carbonyl (C=O) groups excluding carboxylic acids is 1. The number of rotatable bonds is 6. The van der Waals surface area contributed by atoms with Crippen molar-refractivity contribution in [2.24, 2.45) is 0 Å². The SMILES string of the molecule is COc1ccc(N2CCN([C@H](C)C(=O)N[C@H](C)c3ccccc3)CC2)cc1. The Kier molecular flexibility index (Phi) is 6.35. The van der Waals surface area contributed by atoms with E-state index in [-0.39, 0.29) is 18.0 Å². The lowest BCUT2D eigenvalue weighted by Gasteiger charge is -2.38. The zero-order valence-corrected chi connectivity index (χ0v) is 16.4. The average Bonchev–Trinajstić information content (AvgIpc) is 2.74. The van der Waals surface area contributed by atoms with Crippen LogP contribution in [0.1, 0.15) is 25.5 Å². The Bertz CT molecular complexity index is 725. The van der Waals surface area contributed by atoms with Crippen molar-refractivity contribution in [1.82, 2.24) is 10.2 Å². The minimum absolute atomic E-state index is 0.0155. The molecular formula is C22H29N3O2. The van der Waals surface area contributed by atoms with Crippen LogP contribution in [0, 0.1) is 0 Å². The van der Waals surface area contributed by atoms with Crippen molar-refractivity contribution >= 4 is 11.6 Å². The second-order valence-electron chi connectivity index (χ2n) is 7.04. The van der Waals surface area contributed by atoms with Gasteiger partial charge in [-0.3, -0.25) is 9.69 Å². The molecule has 2 atom stereocenters. The van der Waals surface area contributed by atoms with Crippen LogP contribution in [0.15, 0.2) is 54.6 Å². The van der Waals surface area contributed by atoms with Crippen molar-refractivity contribution in [2.75, 3.05) is 38.2 Å². The maximum absolute atomic E-state index is 12.7. The number of methoxy groups -OCH3 is 1. The predicted molar refractivity (Wildman–Crippen MR) is 109 cm³/mol. The zero-order chi connectivity index (χ0) is 19.2. The molecule has 0 radical (unpaired) electrons. The number of piperazine rings is 1. The lowest BCUT2D eigenvalue weighted by molar-refractivity contribution is -0.126. The van der Waals surface area contributed by atoms with Gasteiger partial charge >= 0.3 is 0 Å². The molecule has 1 saturated heterocycles. The monoisotopic (exact) mass is 367 g/mol. The Morgan fingerprint density at radius 2 is 1.59 bits per heavy atom. The number of nitrogens with one attached hydrogen (secondary N) is 1. The Hall–Kier alpha value is -2.53. The van der Waals surface area contributed by atoms with Gasteiger partial charge in [0.2, 0.25) is 5.91 Å². The Labute approximate surface area is 161 Å². The molecule has 0 bridgehead atoms. The molecule has 3 rings (SSSR count). The number of benzene rings is 2. The van der Waals surface area contributed by atoms with Gasteiger partial charge in [-0.2, -0.15) is 0 Å². The van der Waals surface area contributed by atoms with Crippen LogP contribution in [0.5, 0.6) is 5.75 Å². The molecule has 5 nitrogen and oxygen atoms in total. The van der Waals surface area contributed by atoms with Crippen LogP contribution in [0.25, 0.3) is 0 Å². The smallest absolute Gasteiger partial charge is 0.237 e. The Morgan fingerprint density at radius 3 is 2.19 bits per heavy atom. The molecule has 0 unspecified atom stereocenters. The first-order valence-electron chi connectivity index (χ1n) is 9.57. The molecule has 0 spiro atoms. The van der Waals surface area contributed by atoms with Gasteiger partial charge in [0.1, 0.15) is 5.75 Å². The fourth-order valence-corrected chi connectivity index (χ4v) is 3.49. The normalized spacial score (nSPS) is 17.2. The largest absolute Gasteiger partial charge is 0.497 e. The van der Waals surface area contributed by atoms with E-state index in [2.05, 4.69) is 27.2 Å². The van der Waals surface area contributed by atoms with Crippen molar-refractivity contribution < 1.29 is 9.53 Å². The van der Waals surface area contributed by atoms with Crippen LogP contribution in [0.2, 0.25) is 0 Å². The molecule has 0 aromatic heterocycles. The topological polar surface area (TPSA) is 44.8 Å². The highest BCUT2D eigenvalue weighted by molar-refractivity contribution is 5.81. The number of anilines is 1. The summed E-state index contributed by atoms with van der Waals surface area (Å²) in [5, 5.41) is 3.14. The summed E-state index contributed by atoms with van der Waals surface area (Å²) in [6.45, 7) is 7.61. The molecule has 0 aliphatic carbocycles. The van der Waals surface area contributed by atoms with Crippen LogP contribution in [0.4, 0.5) is 5.69 Å². The van der Waals surface area contributed by atoms with Gasteiger partial charge in [0.25, 0.3) is 0 Å². The van der Waals surface area contributed by atoms with Gasteiger partial charge in [-0.1, -0.05) is 30.3 Å². The fourth-order valence-electron chi connectivity index (χ4n) is 3.49. The molecule has 0 saturated carbocycles. The van der Waals surface area contributed by atoms with Crippen molar-refractivity contribution in [2.45, 2.75) is 25.9 Å². The molecule has 27 heavy (non-hydrogen) atoms. The molecule has 5 heteroatoms. The first-order valence-corrected chi connectivity index (χ1v) is 9.57. The van der Waals surface area contributed by atoms with E-state index in [1.54, 1.807) is 7.11 Å². The molecular weight excluding hydrogens is 338 g/mol. The van der Waals surface area contributed by atoms with E-state index in [0.717, 1.165) is 37.5 Å². The average molecular weight is 367 g/mol. The van der Waals surface area contributed by atoms with Gasteiger partial charge in [0.05, 0.1) is 19.2 Å². The van der Waals surface area contributed by atoms with Crippen molar-refractivity contribution in [3.05, 3.63) is 60.2 Å². The summed E-state index contributed by atoms with van der Waals surface area (Å²) in [6.07, 6.45) is 0. The van der Waals surface area contributed by atoms with Crippen LogP contribution >= 0.6 is 0 Å². The quantitative estimate of drug-likeness (QED) is 0.852. The van der Waals surface area contributed by atoms with Crippen LogP contribution < -0.4 is 15.0 Å². The summed E-state index contributed by atoms with van der Waals surface area (Å²) in [4.78, 5) is 17.3. The van der Waals surface area contributed by atoms with Crippen molar-refractivity contribution in [1.29, 1.82) is 0 Å². The number of ether oxygens (including phenoxy) is 1. The minimum Gasteiger partial charge on any atom is -0.497 e. The molecule has 2 aromatic rings. The summed E-state index contributed by atoms with van der Waals surface area (Å²) in [5.74, 6) is 0.958. The van der Waals surface area contributed by atoms with Gasteiger partial charge < -0.3 is 15.0 Å². The van der Waals surface area contributed by atoms with E-state index in [1.807, 2.05) is 56.3 Å². The summed E-state index contributed by atoms with van der Waals surface area (Å²) < 4.78 is 5.22. The third kappa shape index (κ3) is 4.80. The molecule has 1 heterocycles. The molecule has 1 aliphatic heterocycles. The van der Waals surface area contributed by atoms with Gasteiger partial charge in [-0.25, -0.2) is 0 Å². The van der Waals surface area contributed by atoms with Crippen molar-refractivity contribution in [3.63, 3.8) is 0 Å². The van der Waals surface area contributed by atoms with Gasteiger partial charge in [0, 0.05) is 31.9 Å². The molecule has 144 valence electrons. The zero-order valence-electron chi connectivity index (χ0n) is 16.4. The maximum Gasteiger partial charge on any atom is 0.237 e. The Balaban J connectivity index is 1.51. The predicted octanol–water partition coefficient (Wildman–Crippen LogP) is 3.08. The Morgan fingerprint density at radius 1 is 0.963 bits per heavy atom. The van der Waals surface area contributed by atoms with Crippen LogP contribution in [-0.4, -0.2) is 50.1 Å². The fraction of sp³-hybridized carbons (Fsp3) is 0.409. The number of hydrogen-bond donors (Lipinski definition) is 1. The van der Waals surface area contributed by atoms with E-state index in [1.165, 1.54) is 5.69 Å². The van der Waals surface area contributed by atoms with E-state index >= 15 is 0 Å². The third-order valence-corrected chi connectivity index (χ3v) is 5.34. The summed E-state index contributed by atoms with van der Waals surface area (Å²) in [7, 11) is 1.68. The number of amides is 1. The molecule has 1 aliphatic rings. The first-order chi connectivity index (χ1) is 13.1. The summed E-state index contributed by atoms with van der Waals surface area (Å²) in [6, 6.07) is 18.1. The van der Waals surface area contributed by atoms with Crippen LogP contribution in [-0.2, 0) is 4.79 Å². The van der Waals surface area contributed by atoms with E-state index in [0.29, 0.717) is 0 Å². The molecule has 2 aromatic carbocycles. The highest BCUT2D eigenvalue weighted by Crippen LogP contribution is 2.21. The second-order valence-corrected chi connectivity index (χ2v) is 7.04. The summed E-state index contributed by atoms with van der Waals surface area (Å²) >= 11 is 0. The number of nitrogens with zero attached hydrogens (tertiary/aromatic N) is 2. The maximum atomic E-state index is 12.7. The number of carbonyl (C=O) groups is 1. The summed E-state index contributed by atoms with van der Waals surface area (Å²) in [5.41, 5.74) is 2.33.